The molecule has 152 valence electrons. The molecule has 0 saturated heterocycles. The first kappa shape index (κ1) is 21.4. The Kier molecular flexibility index (Phi) is 6.07. The van der Waals surface area contributed by atoms with Crippen molar-refractivity contribution in [1.29, 1.82) is 0 Å². The average Bonchev–Trinajstić information content (AvgIpc) is 2.59. The van der Waals surface area contributed by atoms with Crippen LogP contribution in [0, 0.1) is 16.0 Å². The SMILES string of the molecule is CCOC(=O)C1C(N(C)C)=NC(N)=C(S(C)(=O)=O)C1c1ccccc1[N+](=O)[O-]. The van der Waals surface area contributed by atoms with Gasteiger partial charge in [-0.25, -0.2) is 13.4 Å². The van der Waals surface area contributed by atoms with E-state index < -0.39 is 32.6 Å². The summed E-state index contributed by atoms with van der Waals surface area (Å²) < 4.78 is 30.2. The molecule has 1 aromatic carbocycles. The van der Waals surface area contributed by atoms with Gasteiger partial charge in [-0.15, -0.1) is 0 Å². The van der Waals surface area contributed by atoms with Gasteiger partial charge in [-0.3, -0.25) is 14.9 Å². The fourth-order valence-corrected chi connectivity index (χ4v) is 4.37. The van der Waals surface area contributed by atoms with Gasteiger partial charge in [0.05, 0.1) is 22.4 Å². The van der Waals surface area contributed by atoms with E-state index in [9.17, 15) is 23.3 Å². The van der Waals surface area contributed by atoms with Crippen molar-refractivity contribution in [3.8, 4) is 0 Å². The predicted octanol–water partition coefficient (Wildman–Crippen LogP) is 1.00. The largest absolute Gasteiger partial charge is 0.465 e. The van der Waals surface area contributed by atoms with Gasteiger partial charge >= 0.3 is 5.97 Å². The van der Waals surface area contributed by atoms with Gasteiger partial charge in [0.2, 0.25) is 0 Å². The lowest BCUT2D eigenvalue weighted by Gasteiger charge is -2.34. The van der Waals surface area contributed by atoms with Crippen LogP contribution in [0.15, 0.2) is 40.0 Å². The zero-order chi connectivity index (χ0) is 21.2. The molecule has 1 heterocycles. The third-order valence-electron chi connectivity index (χ3n) is 4.25. The number of carbonyl (C=O) groups excluding carboxylic acids is 1. The minimum absolute atomic E-state index is 0.0446. The van der Waals surface area contributed by atoms with Crippen LogP contribution in [-0.2, 0) is 19.4 Å². The number of aliphatic imine (C=N–C) groups is 1. The first-order valence-corrected chi connectivity index (χ1v) is 10.2. The number of amidine groups is 1. The summed E-state index contributed by atoms with van der Waals surface area (Å²) in [5.41, 5.74) is 5.67. The maximum atomic E-state index is 12.8. The fraction of sp³-hybridized carbons (Fsp3) is 0.412. The van der Waals surface area contributed by atoms with Crippen molar-refractivity contribution in [1.82, 2.24) is 4.90 Å². The minimum Gasteiger partial charge on any atom is -0.465 e. The van der Waals surface area contributed by atoms with Crippen LogP contribution in [0.2, 0.25) is 0 Å². The van der Waals surface area contributed by atoms with E-state index in [1.165, 1.54) is 29.2 Å². The maximum absolute atomic E-state index is 12.8. The molecule has 0 bridgehead atoms. The number of esters is 1. The fourth-order valence-electron chi connectivity index (χ4n) is 3.22. The molecule has 0 aromatic heterocycles. The number of nitrogens with two attached hydrogens (primary N) is 1. The van der Waals surface area contributed by atoms with E-state index in [-0.39, 0.29) is 34.4 Å². The Labute approximate surface area is 162 Å². The highest BCUT2D eigenvalue weighted by atomic mass is 32.2. The van der Waals surface area contributed by atoms with E-state index in [0.29, 0.717) is 0 Å². The number of rotatable bonds is 5. The number of sulfone groups is 1. The molecule has 0 radical (unpaired) electrons. The van der Waals surface area contributed by atoms with Crippen molar-refractivity contribution >= 4 is 27.3 Å². The van der Waals surface area contributed by atoms with Crippen molar-refractivity contribution in [3.63, 3.8) is 0 Å². The van der Waals surface area contributed by atoms with E-state index in [0.717, 1.165) is 6.26 Å². The number of nitro benzene ring substituents is 1. The molecule has 11 heteroatoms. The third-order valence-corrected chi connectivity index (χ3v) is 5.51. The quantitative estimate of drug-likeness (QED) is 0.430. The molecule has 0 aliphatic carbocycles. The van der Waals surface area contributed by atoms with Gasteiger partial charge in [-0.2, -0.15) is 0 Å². The summed E-state index contributed by atoms with van der Waals surface area (Å²) >= 11 is 0. The highest BCUT2D eigenvalue weighted by Crippen LogP contribution is 2.44. The van der Waals surface area contributed by atoms with E-state index in [2.05, 4.69) is 4.99 Å². The average molecular weight is 410 g/mol. The van der Waals surface area contributed by atoms with Crippen LogP contribution in [0.3, 0.4) is 0 Å². The van der Waals surface area contributed by atoms with Gasteiger partial charge in [0.1, 0.15) is 17.6 Å². The monoisotopic (exact) mass is 410 g/mol. The van der Waals surface area contributed by atoms with Gasteiger partial charge in [0.25, 0.3) is 5.69 Å². The molecule has 0 saturated carbocycles. The van der Waals surface area contributed by atoms with Crippen LogP contribution in [0.1, 0.15) is 18.4 Å². The van der Waals surface area contributed by atoms with Crippen LogP contribution in [-0.4, -0.2) is 57.0 Å². The van der Waals surface area contributed by atoms with Crippen LogP contribution >= 0.6 is 0 Å². The molecule has 2 atom stereocenters. The standard InChI is InChI=1S/C17H22N4O6S/c1-5-27-17(22)13-12(10-8-6-7-9-11(10)21(23)24)14(28(4,25)26)15(18)19-16(13)20(2)3/h6-9,12-13H,5,18H2,1-4H3. The lowest BCUT2D eigenvalue weighted by molar-refractivity contribution is -0.385. The molecule has 0 spiro atoms. The maximum Gasteiger partial charge on any atom is 0.317 e. The Morgan fingerprint density at radius 3 is 2.46 bits per heavy atom. The Balaban J connectivity index is 2.90. The highest BCUT2D eigenvalue weighted by molar-refractivity contribution is 7.94. The number of para-hydroxylation sites is 1. The number of nitrogens with zero attached hydrogens (tertiary/aromatic N) is 3. The number of allylic oxidation sites excluding steroid dienone is 1. The molecule has 1 aliphatic heterocycles. The van der Waals surface area contributed by atoms with Gasteiger partial charge < -0.3 is 15.4 Å². The summed E-state index contributed by atoms with van der Waals surface area (Å²) in [5, 5.41) is 11.6. The first-order valence-electron chi connectivity index (χ1n) is 8.36. The van der Waals surface area contributed by atoms with Crippen molar-refractivity contribution in [2.24, 2.45) is 16.6 Å². The Morgan fingerprint density at radius 2 is 1.96 bits per heavy atom. The second kappa shape index (κ2) is 7.97. The topological polar surface area (TPSA) is 145 Å². The van der Waals surface area contributed by atoms with Gasteiger partial charge in [0, 0.05) is 32.0 Å². The zero-order valence-corrected chi connectivity index (χ0v) is 16.8. The van der Waals surface area contributed by atoms with Crippen LogP contribution in [0.25, 0.3) is 0 Å². The third kappa shape index (κ3) is 3.98. The summed E-state index contributed by atoms with van der Waals surface area (Å²) in [7, 11) is -0.724. The van der Waals surface area contributed by atoms with E-state index in [1.807, 2.05) is 0 Å². The van der Waals surface area contributed by atoms with E-state index in [1.54, 1.807) is 21.0 Å². The number of ether oxygens (including phenoxy) is 1. The van der Waals surface area contributed by atoms with Gasteiger partial charge in [-0.05, 0) is 6.92 Å². The second-order valence-electron chi connectivity index (χ2n) is 6.41. The summed E-state index contributed by atoms with van der Waals surface area (Å²) in [6.07, 6.45) is 0.926. The molecule has 2 N–H and O–H groups in total. The summed E-state index contributed by atoms with van der Waals surface area (Å²) in [4.78, 5) is 29.0. The number of nitro groups is 1. The number of benzene rings is 1. The van der Waals surface area contributed by atoms with E-state index in [4.69, 9.17) is 10.5 Å². The van der Waals surface area contributed by atoms with Crippen molar-refractivity contribution < 1.29 is 22.9 Å². The first-order chi connectivity index (χ1) is 13.0. The smallest absolute Gasteiger partial charge is 0.317 e. The van der Waals surface area contributed by atoms with Crippen LogP contribution < -0.4 is 5.73 Å². The summed E-state index contributed by atoms with van der Waals surface area (Å²) in [5.74, 6) is -3.35. The van der Waals surface area contributed by atoms with Gasteiger partial charge in [-0.1, -0.05) is 18.2 Å². The highest BCUT2D eigenvalue weighted by Gasteiger charge is 2.47. The lowest BCUT2D eigenvalue weighted by Crippen LogP contribution is -2.44. The molecule has 1 aliphatic rings. The molecule has 28 heavy (non-hydrogen) atoms. The number of carbonyl (C=O) groups is 1. The van der Waals surface area contributed by atoms with Crippen LogP contribution in [0.4, 0.5) is 5.69 Å². The molecule has 1 aromatic rings. The Morgan fingerprint density at radius 1 is 1.36 bits per heavy atom. The second-order valence-corrected chi connectivity index (χ2v) is 8.39. The molecule has 10 nitrogen and oxygen atoms in total. The molecule has 0 fully saturated rings. The normalized spacial score (nSPS) is 19.8. The van der Waals surface area contributed by atoms with E-state index >= 15 is 0 Å². The van der Waals surface area contributed by atoms with Crippen molar-refractivity contribution in [3.05, 3.63) is 50.7 Å². The molecule has 2 rings (SSSR count). The molecular weight excluding hydrogens is 388 g/mol. The van der Waals surface area contributed by atoms with Crippen molar-refractivity contribution in [2.45, 2.75) is 12.8 Å². The Hall–Kier alpha value is -2.95. The van der Waals surface area contributed by atoms with Crippen molar-refractivity contribution in [2.75, 3.05) is 27.0 Å². The number of hydrogen-bond donors (Lipinski definition) is 1. The number of hydrogen-bond acceptors (Lipinski definition) is 9. The van der Waals surface area contributed by atoms with Gasteiger partial charge in [0.15, 0.2) is 9.84 Å². The lowest BCUT2D eigenvalue weighted by atomic mass is 9.81. The summed E-state index contributed by atoms with van der Waals surface area (Å²) in [6.45, 7) is 1.65. The molecule has 0 amide bonds. The predicted molar refractivity (Wildman–Crippen MR) is 103 cm³/mol. The molecular formula is C17H22N4O6S. The zero-order valence-electron chi connectivity index (χ0n) is 15.9. The van der Waals surface area contributed by atoms with Crippen LogP contribution in [0.5, 0.6) is 0 Å². The molecule has 2 unspecified atom stereocenters. The summed E-state index contributed by atoms with van der Waals surface area (Å²) in [6, 6.07) is 5.64. The minimum atomic E-state index is -3.95. The Bertz CT molecular complexity index is 968.